The van der Waals surface area contributed by atoms with Crippen LogP contribution in [0.15, 0.2) is 23.8 Å². The van der Waals surface area contributed by atoms with Crippen LogP contribution in [0.2, 0.25) is 0 Å². The fraction of sp³-hybridized carbons (Fsp3) is 0.750. The number of carbonyl (C=O) groups is 3. The van der Waals surface area contributed by atoms with E-state index in [-0.39, 0.29) is 43.0 Å². The van der Waals surface area contributed by atoms with Gasteiger partial charge in [0, 0.05) is 16.7 Å². The Morgan fingerprint density at radius 1 is 1.18 bits per heavy atom. The summed E-state index contributed by atoms with van der Waals surface area (Å²) in [7, 11) is -3.91. The van der Waals surface area contributed by atoms with Crippen LogP contribution < -0.4 is 0 Å². The maximum absolute atomic E-state index is 13.7. The number of ketones is 2. The van der Waals surface area contributed by atoms with Gasteiger partial charge in [-0.25, -0.2) is 4.79 Å². The molecule has 0 saturated heterocycles. The van der Waals surface area contributed by atoms with Gasteiger partial charge < -0.3 is 14.6 Å². The highest BCUT2D eigenvalue weighted by atomic mass is 32.2. The van der Waals surface area contributed by atoms with Crippen molar-refractivity contribution in [1.29, 1.82) is 0 Å². The van der Waals surface area contributed by atoms with Gasteiger partial charge in [0.2, 0.25) is 5.78 Å². The predicted octanol–water partition coefficient (Wildman–Crippen LogP) is 3.89. The van der Waals surface area contributed by atoms with Crippen LogP contribution in [0.4, 0.5) is 4.79 Å². The third kappa shape index (κ3) is 4.99. The molecule has 38 heavy (non-hydrogen) atoms. The Morgan fingerprint density at radius 2 is 1.92 bits per heavy atom. The molecule has 212 valence electrons. The normalized spacial score (nSPS) is 38.0. The van der Waals surface area contributed by atoms with Gasteiger partial charge in [0.15, 0.2) is 11.4 Å². The van der Waals surface area contributed by atoms with E-state index < -0.39 is 51.2 Å². The van der Waals surface area contributed by atoms with E-state index in [1.54, 1.807) is 12.2 Å². The first kappa shape index (κ1) is 29.0. The molecule has 0 bridgehead atoms. The van der Waals surface area contributed by atoms with Crippen LogP contribution in [0.1, 0.15) is 72.1 Å². The lowest BCUT2D eigenvalue weighted by atomic mass is 9.46. The monoisotopic (exact) mass is 552 g/mol. The summed E-state index contributed by atoms with van der Waals surface area (Å²) in [6.07, 6.45) is 9.06. The number of unbranched alkanes of at least 4 members (excludes halogenated alkanes) is 2. The Hall–Kier alpha value is -2.04. The molecular formula is C28H40O9S. The first-order valence-electron chi connectivity index (χ1n) is 13.6. The molecule has 0 spiro atoms. The second-order valence-corrected chi connectivity index (χ2v) is 13.5. The number of aliphatic hydroxyl groups is 1. The summed E-state index contributed by atoms with van der Waals surface area (Å²) >= 11 is 0. The van der Waals surface area contributed by atoms with E-state index in [9.17, 15) is 27.9 Å². The highest BCUT2D eigenvalue weighted by molar-refractivity contribution is 7.86. The molecule has 0 amide bonds. The molecule has 1 N–H and O–H groups in total. The molecule has 4 aliphatic carbocycles. The molecule has 10 heteroatoms. The Kier molecular flexibility index (Phi) is 8.00. The highest BCUT2D eigenvalue weighted by Gasteiger charge is 2.70. The first-order valence-corrected chi connectivity index (χ1v) is 15.4. The molecule has 0 aliphatic heterocycles. The minimum atomic E-state index is -3.91. The molecule has 4 rings (SSSR count). The van der Waals surface area contributed by atoms with Gasteiger partial charge in [-0.05, 0) is 62.5 Å². The van der Waals surface area contributed by atoms with Gasteiger partial charge in [0.05, 0.1) is 19.0 Å². The van der Waals surface area contributed by atoms with Crippen LogP contribution in [0, 0.1) is 28.6 Å². The number of fused-ring (bicyclic) bond motifs is 5. The summed E-state index contributed by atoms with van der Waals surface area (Å²) in [5.41, 5.74) is -2.11. The molecule has 0 heterocycles. The van der Waals surface area contributed by atoms with E-state index >= 15 is 0 Å². The minimum Gasteiger partial charge on any atom is -0.434 e. The molecule has 7 atom stereocenters. The molecule has 3 fully saturated rings. The quantitative estimate of drug-likeness (QED) is 0.257. The molecule has 0 radical (unpaired) electrons. The van der Waals surface area contributed by atoms with Crippen molar-refractivity contribution in [2.45, 2.75) is 83.8 Å². The van der Waals surface area contributed by atoms with Crippen molar-refractivity contribution in [1.82, 2.24) is 0 Å². The number of ether oxygens (including phenoxy) is 2. The Balaban J connectivity index is 1.66. The van der Waals surface area contributed by atoms with Crippen LogP contribution in [-0.2, 0) is 33.4 Å². The van der Waals surface area contributed by atoms with Gasteiger partial charge >= 0.3 is 6.16 Å². The summed E-state index contributed by atoms with van der Waals surface area (Å²) in [6.45, 7) is 5.34. The second-order valence-electron chi connectivity index (χ2n) is 11.9. The van der Waals surface area contributed by atoms with Crippen molar-refractivity contribution in [3.63, 3.8) is 0 Å². The van der Waals surface area contributed by atoms with Crippen LogP contribution >= 0.6 is 0 Å². The van der Waals surface area contributed by atoms with Gasteiger partial charge in [-0.1, -0.05) is 45.3 Å². The molecule has 0 aromatic heterocycles. The standard InChI is InChI=1S/C28H40O9S/c1-5-6-7-14-35-25(32)37-28(23(31)17-36-38(4,33)34)13-11-21-20-9-8-18-15-19(29)10-12-26(18,2)24(20)22(30)16-27(21,28)3/h10,12,15,20-22,24,30H,5-9,11,13-14,16-17H2,1-4H3/t20-,21-,22?,24+,26-,27-,28-/m0/s1. The zero-order chi connectivity index (χ0) is 27.9. The van der Waals surface area contributed by atoms with Crippen LogP contribution in [0.25, 0.3) is 0 Å². The molecule has 4 aliphatic rings. The number of hydrogen-bond donors (Lipinski definition) is 1. The van der Waals surface area contributed by atoms with E-state index in [1.807, 2.05) is 19.9 Å². The van der Waals surface area contributed by atoms with Crippen molar-refractivity contribution in [2.24, 2.45) is 28.6 Å². The molecular weight excluding hydrogens is 512 g/mol. The van der Waals surface area contributed by atoms with E-state index in [0.29, 0.717) is 19.3 Å². The fourth-order valence-electron chi connectivity index (χ4n) is 7.95. The number of aliphatic hydroxyl groups excluding tert-OH is 1. The van der Waals surface area contributed by atoms with E-state index in [2.05, 4.69) is 6.92 Å². The Bertz CT molecular complexity index is 1140. The van der Waals surface area contributed by atoms with E-state index in [4.69, 9.17) is 13.7 Å². The van der Waals surface area contributed by atoms with Crippen molar-refractivity contribution in [3.05, 3.63) is 23.8 Å². The minimum absolute atomic E-state index is 0.0124. The summed E-state index contributed by atoms with van der Waals surface area (Å²) in [4.78, 5) is 38.6. The fourth-order valence-corrected chi connectivity index (χ4v) is 8.27. The average molecular weight is 553 g/mol. The lowest BCUT2D eigenvalue weighted by Crippen LogP contribution is -2.63. The van der Waals surface area contributed by atoms with Gasteiger partial charge in [-0.15, -0.1) is 0 Å². The Morgan fingerprint density at radius 3 is 2.61 bits per heavy atom. The van der Waals surface area contributed by atoms with Crippen LogP contribution in [-0.4, -0.2) is 62.4 Å². The third-order valence-electron chi connectivity index (χ3n) is 9.70. The van der Waals surface area contributed by atoms with Crippen molar-refractivity contribution in [3.8, 4) is 0 Å². The third-order valence-corrected chi connectivity index (χ3v) is 10.2. The summed E-state index contributed by atoms with van der Waals surface area (Å²) < 4.78 is 39.4. The average Bonchev–Trinajstić information content (AvgIpc) is 3.12. The van der Waals surface area contributed by atoms with Crippen LogP contribution in [0.5, 0.6) is 0 Å². The SMILES string of the molecule is CCCCCOC(=O)O[C@]1(C(=O)COS(C)(=O)=O)CC[C@H]2[C@@H]3CCC4=CC(=O)C=C[C@]4(C)[C@H]3C(O)C[C@@]21C. The lowest BCUT2D eigenvalue weighted by Gasteiger charge is -2.59. The predicted molar refractivity (Wildman–Crippen MR) is 138 cm³/mol. The summed E-state index contributed by atoms with van der Waals surface area (Å²) in [5.74, 6) is -0.916. The zero-order valence-corrected chi connectivity index (χ0v) is 23.6. The smallest absolute Gasteiger partial charge is 0.434 e. The maximum atomic E-state index is 13.7. The molecule has 9 nitrogen and oxygen atoms in total. The molecule has 3 saturated carbocycles. The van der Waals surface area contributed by atoms with Gasteiger partial charge in [0.25, 0.3) is 10.1 Å². The number of hydrogen-bond acceptors (Lipinski definition) is 9. The summed E-state index contributed by atoms with van der Waals surface area (Å²) in [5, 5.41) is 11.6. The topological polar surface area (TPSA) is 133 Å². The van der Waals surface area contributed by atoms with Gasteiger partial charge in [0.1, 0.15) is 6.61 Å². The number of carbonyl (C=O) groups excluding carboxylic acids is 3. The largest absolute Gasteiger partial charge is 0.509 e. The summed E-state index contributed by atoms with van der Waals surface area (Å²) in [6, 6.07) is 0. The van der Waals surface area contributed by atoms with E-state index in [1.165, 1.54) is 0 Å². The first-order chi connectivity index (χ1) is 17.8. The number of Topliss-reactive ketones (excluding diaryl/α,β-unsaturated/α-hetero) is 1. The lowest BCUT2D eigenvalue weighted by molar-refractivity contribution is -0.183. The molecule has 1 unspecified atom stereocenters. The van der Waals surface area contributed by atoms with Crippen molar-refractivity contribution >= 4 is 27.8 Å². The number of allylic oxidation sites excluding steroid dienone is 4. The van der Waals surface area contributed by atoms with Gasteiger partial charge in [-0.3, -0.25) is 13.8 Å². The zero-order valence-electron chi connectivity index (χ0n) is 22.7. The highest BCUT2D eigenvalue weighted by Crippen LogP contribution is 2.68. The second kappa shape index (κ2) is 10.5. The van der Waals surface area contributed by atoms with Gasteiger partial charge in [-0.2, -0.15) is 8.42 Å². The maximum Gasteiger partial charge on any atom is 0.509 e. The molecule has 0 aromatic carbocycles. The Labute approximate surface area is 225 Å². The van der Waals surface area contributed by atoms with E-state index in [0.717, 1.165) is 31.1 Å². The molecule has 0 aromatic rings. The van der Waals surface area contributed by atoms with Crippen LogP contribution in [0.3, 0.4) is 0 Å². The number of rotatable bonds is 9. The van der Waals surface area contributed by atoms with Crippen molar-refractivity contribution in [2.75, 3.05) is 19.5 Å². The van der Waals surface area contributed by atoms with Crippen molar-refractivity contribution < 1.29 is 41.6 Å².